The molecule has 5 atom stereocenters. The van der Waals surface area contributed by atoms with Gasteiger partial charge in [-0.05, 0) is 43.6 Å². The Morgan fingerprint density at radius 3 is 2.07 bits per heavy atom. The van der Waals surface area contributed by atoms with Gasteiger partial charge in [-0.3, -0.25) is 29.0 Å². The smallest absolute Gasteiger partial charge is 0.326 e. The molecule has 0 aliphatic heterocycles. The number of aliphatic carboxylic acids is 1. The summed E-state index contributed by atoms with van der Waals surface area (Å²) in [6.45, 7) is 3.15. The molecule has 0 saturated carbocycles. The van der Waals surface area contributed by atoms with E-state index in [1.165, 1.54) is 11.8 Å². The number of hydrogen-bond acceptors (Lipinski definition) is 9. The highest BCUT2D eigenvalue weighted by atomic mass is 32.2. The van der Waals surface area contributed by atoms with Crippen LogP contribution in [0.15, 0.2) is 4.99 Å². The molecule has 234 valence electrons. The number of hydrogen-bond donors (Lipinski definition) is 9. The minimum absolute atomic E-state index is 0.0226. The van der Waals surface area contributed by atoms with E-state index in [9.17, 15) is 33.9 Å². The van der Waals surface area contributed by atoms with Crippen molar-refractivity contribution in [3.8, 4) is 0 Å². The zero-order valence-electron chi connectivity index (χ0n) is 23.8. The summed E-state index contributed by atoms with van der Waals surface area (Å²) in [7, 11) is 0. The van der Waals surface area contributed by atoms with Crippen molar-refractivity contribution in [3.05, 3.63) is 0 Å². The lowest BCUT2D eigenvalue weighted by Gasteiger charge is -2.24. The van der Waals surface area contributed by atoms with Gasteiger partial charge in [-0.25, -0.2) is 4.79 Å². The topological polar surface area (TPSA) is 287 Å². The fourth-order valence-electron chi connectivity index (χ4n) is 3.46. The van der Waals surface area contributed by atoms with Gasteiger partial charge >= 0.3 is 5.97 Å². The first-order valence-electron chi connectivity index (χ1n) is 13.2. The summed E-state index contributed by atoms with van der Waals surface area (Å²) in [5.41, 5.74) is 21.5. The van der Waals surface area contributed by atoms with Crippen LogP contribution in [0, 0.1) is 5.92 Å². The van der Waals surface area contributed by atoms with E-state index in [1.807, 2.05) is 6.26 Å². The average Bonchev–Trinajstić information content (AvgIpc) is 2.91. The molecule has 0 radical (unpaired) electrons. The second-order valence-corrected chi connectivity index (χ2v) is 10.4. The number of amides is 5. The van der Waals surface area contributed by atoms with Crippen LogP contribution in [0.25, 0.3) is 0 Å². The summed E-state index contributed by atoms with van der Waals surface area (Å²) in [4.78, 5) is 77.3. The first-order valence-corrected chi connectivity index (χ1v) is 14.6. The van der Waals surface area contributed by atoms with E-state index in [0.717, 1.165) is 0 Å². The number of carbonyl (C=O) groups is 6. The third-order valence-corrected chi connectivity index (χ3v) is 6.72. The number of aliphatic imine (C=N–C) groups is 1. The van der Waals surface area contributed by atoms with Crippen LogP contribution >= 0.6 is 11.8 Å². The van der Waals surface area contributed by atoms with Gasteiger partial charge in [0.25, 0.3) is 0 Å². The average molecular weight is 604 g/mol. The number of carbonyl (C=O) groups excluding carboxylic acids is 5. The second-order valence-electron chi connectivity index (χ2n) is 9.45. The fraction of sp³-hybridized carbons (Fsp3) is 0.708. The molecule has 41 heavy (non-hydrogen) atoms. The van der Waals surface area contributed by atoms with Crippen LogP contribution in [-0.4, -0.2) is 95.8 Å². The second kappa shape index (κ2) is 20.3. The van der Waals surface area contributed by atoms with Crippen LogP contribution in [-0.2, 0) is 28.8 Å². The highest BCUT2D eigenvalue weighted by Crippen LogP contribution is 2.09. The van der Waals surface area contributed by atoms with Gasteiger partial charge in [0.2, 0.25) is 29.5 Å². The van der Waals surface area contributed by atoms with Crippen molar-refractivity contribution in [2.75, 3.05) is 25.1 Å². The molecule has 0 fully saturated rings. The predicted molar refractivity (Wildman–Crippen MR) is 155 cm³/mol. The molecule has 0 aliphatic carbocycles. The number of carboxylic acid groups (broad SMARTS) is 1. The maximum absolute atomic E-state index is 12.9. The number of nitrogens with one attached hydrogen (secondary N) is 4. The molecule has 0 rings (SSSR count). The first kappa shape index (κ1) is 37.4. The molecule has 0 aromatic carbocycles. The van der Waals surface area contributed by atoms with Crippen molar-refractivity contribution in [1.29, 1.82) is 0 Å². The number of nitrogens with zero attached hydrogens (tertiary/aromatic N) is 1. The molecule has 5 amide bonds. The first-order chi connectivity index (χ1) is 19.2. The minimum atomic E-state index is -1.18. The number of thioether (sulfide) groups is 1. The molecular weight excluding hydrogens is 558 g/mol. The summed E-state index contributed by atoms with van der Waals surface area (Å²) >= 11 is 1.44. The van der Waals surface area contributed by atoms with Crippen LogP contribution < -0.4 is 44.2 Å². The summed E-state index contributed by atoms with van der Waals surface area (Å²) in [5.74, 6) is -4.53. The van der Waals surface area contributed by atoms with Crippen molar-refractivity contribution in [3.63, 3.8) is 0 Å². The van der Waals surface area contributed by atoms with Crippen molar-refractivity contribution in [2.24, 2.45) is 33.8 Å². The Bertz CT molecular complexity index is 931. The molecule has 16 nitrogen and oxygen atoms in total. The molecule has 0 aliphatic rings. The summed E-state index contributed by atoms with van der Waals surface area (Å²) in [6, 6.07) is -4.36. The molecule has 13 N–H and O–H groups in total. The number of primary amides is 1. The van der Waals surface area contributed by atoms with Crippen molar-refractivity contribution in [2.45, 2.75) is 76.5 Å². The maximum atomic E-state index is 12.9. The van der Waals surface area contributed by atoms with Gasteiger partial charge in [-0.1, -0.05) is 20.3 Å². The Hall–Kier alpha value is -3.60. The molecule has 0 aromatic heterocycles. The van der Waals surface area contributed by atoms with Crippen LogP contribution in [0.5, 0.6) is 0 Å². The van der Waals surface area contributed by atoms with E-state index in [1.54, 1.807) is 13.8 Å². The van der Waals surface area contributed by atoms with Gasteiger partial charge in [-0.2, -0.15) is 11.8 Å². The van der Waals surface area contributed by atoms with Crippen LogP contribution in [0.1, 0.15) is 52.4 Å². The van der Waals surface area contributed by atoms with E-state index < -0.39 is 66.2 Å². The Kier molecular flexibility index (Phi) is 18.5. The number of carboxylic acids is 1. The minimum Gasteiger partial charge on any atom is -0.480 e. The van der Waals surface area contributed by atoms with E-state index >= 15 is 0 Å². The maximum Gasteiger partial charge on any atom is 0.326 e. The molecule has 0 heterocycles. The van der Waals surface area contributed by atoms with Crippen LogP contribution in [0.4, 0.5) is 0 Å². The Balaban J connectivity index is 5.34. The zero-order valence-corrected chi connectivity index (χ0v) is 24.6. The van der Waals surface area contributed by atoms with Crippen molar-refractivity contribution in [1.82, 2.24) is 21.3 Å². The lowest BCUT2D eigenvalue weighted by Crippen LogP contribution is -2.56. The summed E-state index contributed by atoms with van der Waals surface area (Å²) < 4.78 is 0. The molecule has 0 aromatic rings. The number of rotatable bonds is 21. The van der Waals surface area contributed by atoms with Gasteiger partial charge in [0, 0.05) is 13.0 Å². The summed E-state index contributed by atoms with van der Waals surface area (Å²) in [5, 5.41) is 19.4. The quantitative estimate of drug-likeness (QED) is 0.0364. The Morgan fingerprint density at radius 1 is 0.902 bits per heavy atom. The van der Waals surface area contributed by atoms with E-state index in [-0.39, 0.29) is 44.1 Å². The lowest BCUT2D eigenvalue weighted by atomic mass is 9.99. The SMILES string of the molecule is CC[C@H](C)[C@H](NC(=O)[C@H](CCSC)NC(=O)CNC(=O)[C@H](CCCN=C(N)N)NC(=O)[C@@H](N)CCC(N)=O)C(=O)O. The molecular formula is C24H45N9O7S. The van der Waals surface area contributed by atoms with Gasteiger partial charge in [0.15, 0.2) is 5.96 Å². The zero-order chi connectivity index (χ0) is 31.5. The predicted octanol–water partition coefficient (Wildman–Crippen LogP) is -2.91. The molecule has 0 saturated heterocycles. The van der Waals surface area contributed by atoms with E-state index in [4.69, 9.17) is 22.9 Å². The third-order valence-electron chi connectivity index (χ3n) is 6.08. The Labute approximate surface area is 243 Å². The molecule has 17 heteroatoms. The van der Waals surface area contributed by atoms with Gasteiger partial charge in [0.05, 0.1) is 12.6 Å². The summed E-state index contributed by atoms with van der Waals surface area (Å²) in [6.07, 6.45) is 2.83. The Morgan fingerprint density at radius 2 is 1.54 bits per heavy atom. The van der Waals surface area contributed by atoms with Gasteiger partial charge in [-0.15, -0.1) is 0 Å². The fourth-order valence-corrected chi connectivity index (χ4v) is 3.93. The molecule has 0 spiro atoms. The largest absolute Gasteiger partial charge is 0.480 e. The highest BCUT2D eigenvalue weighted by molar-refractivity contribution is 7.98. The van der Waals surface area contributed by atoms with Crippen LogP contribution in [0.3, 0.4) is 0 Å². The molecule has 0 bridgehead atoms. The lowest BCUT2D eigenvalue weighted by molar-refractivity contribution is -0.143. The van der Waals surface area contributed by atoms with Crippen molar-refractivity contribution < 1.29 is 33.9 Å². The van der Waals surface area contributed by atoms with Crippen molar-refractivity contribution >= 4 is 53.2 Å². The number of nitrogens with two attached hydrogens (primary N) is 4. The highest BCUT2D eigenvalue weighted by Gasteiger charge is 2.30. The van der Waals surface area contributed by atoms with Gasteiger partial charge < -0.3 is 49.3 Å². The monoisotopic (exact) mass is 603 g/mol. The van der Waals surface area contributed by atoms with E-state index in [2.05, 4.69) is 26.3 Å². The van der Waals surface area contributed by atoms with Gasteiger partial charge in [0.1, 0.15) is 18.1 Å². The normalized spacial score (nSPS) is 14.3. The van der Waals surface area contributed by atoms with E-state index in [0.29, 0.717) is 18.6 Å². The third kappa shape index (κ3) is 16.3. The molecule has 0 unspecified atom stereocenters. The van der Waals surface area contributed by atoms with Crippen LogP contribution in [0.2, 0.25) is 0 Å². The number of guanidine groups is 1. The standard InChI is InChI=1S/C24H45N9O7S/c1-4-13(2)19(23(39)40)33-22(38)16(9-11-41-3)31-18(35)12-30-21(37)15(6-5-10-29-24(27)28)32-20(36)14(25)7-8-17(26)34/h13-16,19H,4-12,25H2,1-3H3,(H2,26,34)(H,30,37)(H,31,35)(H,32,36)(H,33,38)(H,39,40)(H4,27,28,29)/t13-,14-,15-,16-,19-/m0/s1.